The van der Waals surface area contributed by atoms with Gasteiger partial charge in [0.05, 0.1) is 17.7 Å². The van der Waals surface area contributed by atoms with Crippen LogP contribution in [0.15, 0.2) is 108 Å². The molecule has 0 saturated heterocycles. The van der Waals surface area contributed by atoms with E-state index in [-0.39, 0.29) is 29.5 Å². The maximum absolute atomic E-state index is 14.6. The number of halogens is 1. The summed E-state index contributed by atoms with van der Waals surface area (Å²) < 4.78 is 34.8. The van der Waals surface area contributed by atoms with Crippen molar-refractivity contribution in [2.75, 3.05) is 24.5 Å². The predicted octanol–water partition coefficient (Wildman–Crippen LogP) is 6.41. The third-order valence-corrected chi connectivity index (χ3v) is 9.79. The molecule has 4 aromatic rings. The van der Waals surface area contributed by atoms with Gasteiger partial charge in [-0.2, -0.15) is 0 Å². The maximum Gasteiger partial charge on any atom is 0.264 e. The molecule has 0 fully saturated rings. The van der Waals surface area contributed by atoms with E-state index in [0.717, 1.165) is 28.3 Å². The Balaban J connectivity index is 1.81. The summed E-state index contributed by atoms with van der Waals surface area (Å²) in [5.41, 5.74) is 2.63. The van der Waals surface area contributed by atoms with Gasteiger partial charge in [0.2, 0.25) is 11.8 Å². The number of ether oxygens (including phenoxy) is 1. The smallest absolute Gasteiger partial charge is 0.264 e. The van der Waals surface area contributed by atoms with Gasteiger partial charge in [-0.3, -0.25) is 13.9 Å². The summed E-state index contributed by atoms with van der Waals surface area (Å²) in [4.78, 5) is 29.9. The summed E-state index contributed by atoms with van der Waals surface area (Å²) in [6.07, 6.45) is 1.89. The van der Waals surface area contributed by atoms with Crippen LogP contribution >= 0.6 is 11.6 Å². The Kier molecular flexibility index (Phi) is 12.2. The zero-order valence-electron chi connectivity index (χ0n) is 26.4. The van der Waals surface area contributed by atoms with Crippen LogP contribution in [-0.4, -0.2) is 51.4 Å². The number of benzene rings is 4. The molecule has 4 aromatic carbocycles. The molecule has 0 aliphatic heterocycles. The van der Waals surface area contributed by atoms with E-state index in [9.17, 15) is 18.0 Å². The summed E-state index contributed by atoms with van der Waals surface area (Å²) in [6, 6.07) is 28.6. The Hall–Kier alpha value is -4.34. The molecule has 0 spiro atoms. The molecule has 0 aromatic heterocycles. The number of hydrogen-bond donors (Lipinski definition) is 1. The first-order valence-corrected chi connectivity index (χ1v) is 17.0. The highest BCUT2D eigenvalue weighted by Crippen LogP contribution is 2.28. The van der Waals surface area contributed by atoms with Gasteiger partial charge in [0.25, 0.3) is 10.0 Å². The third-order valence-electron chi connectivity index (χ3n) is 7.63. The highest BCUT2D eigenvalue weighted by Gasteiger charge is 2.35. The number of nitrogens with zero attached hydrogens (tertiary/aromatic N) is 2. The monoisotopic (exact) mass is 661 g/mol. The van der Waals surface area contributed by atoms with Gasteiger partial charge in [0, 0.05) is 30.6 Å². The number of methoxy groups -OCH3 is 1. The molecule has 2 amide bonds. The standard InChI is InChI=1S/C36H40ClN3O5S/c1-4-5-22-38-36(42)34(23-28-12-7-6-8-13-28)39(25-29-14-9-10-17-33(29)37)35(41)26-40(30-15-11-16-31(24-30)45-3)46(43,44)32-20-18-27(2)19-21-32/h6-21,24,34H,4-5,22-23,25-26H2,1-3H3,(H,38,42)/t34-/m1/s1. The van der Waals surface area contributed by atoms with Gasteiger partial charge in [-0.1, -0.05) is 97.2 Å². The second-order valence-corrected chi connectivity index (χ2v) is 13.3. The van der Waals surface area contributed by atoms with Crippen molar-refractivity contribution in [2.45, 2.75) is 50.6 Å². The number of unbranched alkanes of at least 4 members (excludes halogenated alkanes) is 1. The molecule has 1 atom stereocenters. The molecule has 0 aliphatic rings. The number of carbonyl (C=O) groups excluding carboxylic acids is 2. The van der Waals surface area contributed by atoms with Crippen LogP contribution in [0.5, 0.6) is 5.75 Å². The molecule has 0 saturated carbocycles. The fourth-order valence-electron chi connectivity index (χ4n) is 5.00. The molecule has 1 N–H and O–H groups in total. The number of rotatable bonds is 15. The number of carbonyl (C=O) groups is 2. The minimum atomic E-state index is -4.22. The van der Waals surface area contributed by atoms with E-state index in [4.69, 9.17) is 16.3 Å². The fraction of sp³-hybridized carbons (Fsp3) is 0.278. The number of sulfonamides is 1. The Morgan fingerprint density at radius 3 is 2.28 bits per heavy atom. The third kappa shape index (κ3) is 8.89. The summed E-state index contributed by atoms with van der Waals surface area (Å²) in [5.74, 6) is -0.462. The number of nitrogens with one attached hydrogen (secondary N) is 1. The van der Waals surface area contributed by atoms with Crippen LogP contribution in [0.1, 0.15) is 36.5 Å². The molecule has 10 heteroatoms. The van der Waals surface area contributed by atoms with Crippen molar-refractivity contribution in [1.82, 2.24) is 10.2 Å². The molecule has 0 heterocycles. The lowest BCUT2D eigenvalue weighted by Crippen LogP contribution is -2.53. The minimum absolute atomic E-state index is 0.00622. The van der Waals surface area contributed by atoms with Crippen molar-refractivity contribution >= 4 is 39.1 Å². The molecule has 0 bridgehead atoms. The normalized spacial score (nSPS) is 11.8. The van der Waals surface area contributed by atoms with Crippen molar-refractivity contribution < 1.29 is 22.7 Å². The van der Waals surface area contributed by atoms with Crippen LogP contribution < -0.4 is 14.4 Å². The van der Waals surface area contributed by atoms with Crippen molar-refractivity contribution in [2.24, 2.45) is 0 Å². The predicted molar refractivity (Wildman–Crippen MR) is 183 cm³/mol. The number of hydrogen-bond acceptors (Lipinski definition) is 5. The summed E-state index contributed by atoms with van der Waals surface area (Å²) in [5, 5.41) is 3.42. The summed E-state index contributed by atoms with van der Waals surface area (Å²) in [6.45, 7) is 3.77. The molecule has 0 unspecified atom stereocenters. The van der Waals surface area contributed by atoms with Gasteiger partial charge in [-0.15, -0.1) is 0 Å². The van der Waals surface area contributed by atoms with Gasteiger partial charge in [-0.25, -0.2) is 8.42 Å². The topological polar surface area (TPSA) is 96.0 Å². The first kappa shape index (κ1) is 34.5. The lowest BCUT2D eigenvalue weighted by atomic mass is 10.0. The lowest BCUT2D eigenvalue weighted by Gasteiger charge is -2.34. The molecule has 8 nitrogen and oxygen atoms in total. The summed E-state index contributed by atoms with van der Waals surface area (Å²) in [7, 11) is -2.74. The Morgan fingerprint density at radius 2 is 1.61 bits per heavy atom. The molecular weight excluding hydrogens is 622 g/mol. The van der Waals surface area contributed by atoms with E-state index in [1.807, 2.05) is 50.2 Å². The van der Waals surface area contributed by atoms with Gasteiger partial charge in [0.1, 0.15) is 18.3 Å². The van der Waals surface area contributed by atoms with Gasteiger partial charge in [0.15, 0.2) is 0 Å². The van der Waals surface area contributed by atoms with E-state index in [1.54, 1.807) is 54.6 Å². The van der Waals surface area contributed by atoms with Crippen molar-refractivity contribution in [1.29, 1.82) is 0 Å². The fourth-order valence-corrected chi connectivity index (χ4v) is 6.60. The minimum Gasteiger partial charge on any atom is -0.497 e. The van der Waals surface area contributed by atoms with E-state index in [2.05, 4.69) is 5.32 Å². The van der Waals surface area contributed by atoms with Crippen LogP contribution in [0.4, 0.5) is 5.69 Å². The summed E-state index contributed by atoms with van der Waals surface area (Å²) >= 11 is 6.56. The SMILES string of the molecule is CCCCNC(=O)[C@@H](Cc1ccccc1)N(Cc1ccccc1Cl)C(=O)CN(c1cccc(OC)c1)S(=O)(=O)c1ccc(C)cc1. The Morgan fingerprint density at radius 1 is 0.913 bits per heavy atom. The van der Waals surface area contributed by atoms with Crippen molar-refractivity contribution in [3.05, 3.63) is 125 Å². The second kappa shape index (κ2) is 16.3. The zero-order valence-corrected chi connectivity index (χ0v) is 27.9. The van der Waals surface area contributed by atoms with E-state index >= 15 is 0 Å². The Labute approximate surface area is 277 Å². The number of aryl methyl sites for hydroxylation is 1. The van der Waals surface area contributed by atoms with E-state index in [1.165, 1.54) is 24.1 Å². The molecule has 0 radical (unpaired) electrons. The van der Waals surface area contributed by atoms with Gasteiger partial charge in [-0.05, 0) is 54.8 Å². The first-order chi connectivity index (χ1) is 22.1. The van der Waals surface area contributed by atoms with Crippen LogP contribution in [0.3, 0.4) is 0 Å². The zero-order chi connectivity index (χ0) is 33.1. The average Bonchev–Trinajstić information content (AvgIpc) is 3.06. The van der Waals surface area contributed by atoms with Crippen LogP contribution in [0.2, 0.25) is 5.02 Å². The number of amides is 2. The second-order valence-electron chi connectivity index (χ2n) is 11.0. The largest absolute Gasteiger partial charge is 0.497 e. The first-order valence-electron chi connectivity index (χ1n) is 15.2. The van der Waals surface area contributed by atoms with Gasteiger partial charge >= 0.3 is 0 Å². The van der Waals surface area contributed by atoms with Crippen LogP contribution in [0.25, 0.3) is 0 Å². The van der Waals surface area contributed by atoms with Crippen molar-refractivity contribution in [3.8, 4) is 5.75 Å². The lowest BCUT2D eigenvalue weighted by molar-refractivity contribution is -0.140. The molecule has 46 heavy (non-hydrogen) atoms. The van der Waals surface area contributed by atoms with Crippen LogP contribution in [-0.2, 0) is 32.6 Å². The van der Waals surface area contributed by atoms with Crippen molar-refractivity contribution in [3.63, 3.8) is 0 Å². The van der Waals surface area contributed by atoms with E-state index < -0.39 is 28.5 Å². The quantitative estimate of drug-likeness (QED) is 0.149. The molecule has 0 aliphatic carbocycles. The van der Waals surface area contributed by atoms with E-state index in [0.29, 0.717) is 22.9 Å². The van der Waals surface area contributed by atoms with Gasteiger partial charge < -0.3 is 15.0 Å². The molecule has 242 valence electrons. The Bertz CT molecular complexity index is 1720. The molecule has 4 rings (SSSR count). The maximum atomic E-state index is 14.6. The number of anilines is 1. The highest BCUT2D eigenvalue weighted by molar-refractivity contribution is 7.92. The van der Waals surface area contributed by atoms with Crippen LogP contribution in [0, 0.1) is 6.92 Å². The highest BCUT2D eigenvalue weighted by atomic mass is 35.5. The molecular formula is C36H40ClN3O5S. The average molecular weight is 662 g/mol.